The molecule has 9 heteroatoms. The van der Waals surface area contributed by atoms with Crippen LogP contribution in [-0.4, -0.2) is 31.8 Å². The SMILES string of the molecule is FC(F)(F)c1ccc(CN=C(NCCc2ccco2)NCC2CCCO2)cc1.I. The standard InChI is InChI=1S/C20H24F3N3O2.HI/c21-20(22,23)16-7-5-15(6-8-16)13-25-19(26-14-18-4-2-12-28-18)24-10-9-17-3-1-11-27-17;/h1,3,5-8,11,18H,2,4,9-10,12-14H2,(H2,24,25,26);1H. The smallest absolute Gasteiger partial charge is 0.416 e. The second-order valence-electron chi connectivity index (χ2n) is 6.63. The van der Waals surface area contributed by atoms with Crippen LogP contribution in [0, 0.1) is 0 Å². The van der Waals surface area contributed by atoms with Gasteiger partial charge < -0.3 is 19.8 Å². The third kappa shape index (κ3) is 7.88. The van der Waals surface area contributed by atoms with Crippen molar-refractivity contribution in [2.45, 2.75) is 38.1 Å². The lowest BCUT2D eigenvalue weighted by atomic mass is 10.1. The van der Waals surface area contributed by atoms with Crippen LogP contribution in [0.25, 0.3) is 0 Å². The van der Waals surface area contributed by atoms with Crippen molar-refractivity contribution in [2.24, 2.45) is 4.99 Å². The van der Waals surface area contributed by atoms with Gasteiger partial charge in [0, 0.05) is 26.1 Å². The highest BCUT2D eigenvalue weighted by Crippen LogP contribution is 2.29. The number of hydrogen-bond acceptors (Lipinski definition) is 3. The molecule has 2 heterocycles. The minimum atomic E-state index is -4.33. The molecule has 0 spiro atoms. The van der Waals surface area contributed by atoms with Crippen LogP contribution < -0.4 is 10.6 Å². The van der Waals surface area contributed by atoms with Crippen LogP contribution in [0.1, 0.15) is 29.7 Å². The van der Waals surface area contributed by atoms with Gasteiger partial charge >= 0.3 is 6.18 Å². The summed E-state index contributed by atoms with van der Waals surface area (Å²) in [5.74, 6) is 1.47. The molecule has 1 unspecified atom stereocenters. The van der Waals surface area contributed by atoms with Crippen LogP contribution in [0.15, 0.2) is 52.1 Å². The number of alkyl halides is 3. The molecule has 0 aliphatic carbocycles. The fourth-order valence-corrected chi connectivity index (χ4v) is 2.92. The maximum atomic E-state index is 12.7. The van der Waals surface area contributed by atoms with Gasteiger partial charge in [0.2, 0.25) is 0 Å². The van der Waals surface area contributed by atoms with E-state index in [0.717, 1.165) is 37.3 Å². The van der Waals surface area contributed by atoms with Gasteiger partial charge in [0.25, 0.3) is 0 Å². The Morgan fingerprint density at radius 3 is 2.55 bits per heavy atom. The Balaban J connectivity index is 0.00000300. The molecule has 0 saturated carbocycles. The largest absolute Gasteiger partial charge is 0.469 e. The number of hydrogen-bond donors (Lipinski definition) is 2. The summed E-state index contributed by atoms with van der Waals surface area (Å²) in [5.41, 5.74) is 0.0470. The fraction of sp³-hybridized carbons (Fsp3) is 0.450. The van der Waals surface area contributed by atoms with Crippen LogP contribution in [0.2, 0.25) is 0 Å². The predicted octanol–water partition coefficient (Wildman–Crippen LogP) is 4.37. The van der Waals surface area contributed by atoms with E-state index in [1.165, 1.54) is 12.1 Å². The lowest BCUT2D eigenvalue weighted by molar-refractivity contribution is -0.137. The highest BCUT2D eigenvalue weighted by molar-refractivity contribution is 14.0. The molecular weight excluding hydrogens is 498 g/mol. The molecule has 1 atom stereocenters. The van der Waals surface area contributed by atoms with Crippen molar-refractivity contribution in [3.63, 3.8) is 0 Å². The van der Waals surface area contributed by atoms with Crippen molar-refractivity contribution < 1.29 is 22.3 Å². The maximum Gasteiger partial charge on any atom is 0.416 e. The van der Waals surface area contributed by atoms with Crippen molar-refractivity contribution >= 4 is 29.9 Å². The first-order valence-corrected chi connectivity index (χ1v) is 9.33. The molecule has 160 valence electrons. The number of halogens is 4. The average molecular weight is 523 g/mol. The number of furan rings is 1. The van der Waals surface area contributed by atoms with Crippen LogP contribution in [-0.2, 0) is 23.9 Å². The van der Waals surface area contributed by atoms with Gasteiger partial charge in [0.1, 0.15) is 5.76 Å². The summed E-state index contributed by atoms with van der Waals surface area (Å²) >= 11 is 0. The van der Waals surface area contributed by atoms with E-state index in [9.17, 15) is 13.2 Å². The molecule has 1 aliphatic rings. The van der Waals surface area contributed by atoms with Crippen molar-refractivity contribution in [3.05, 3.63) is 59.5 Å². The molecule has 3 rings (SSSR count). The number of ether oxygens (including phenoxy) is 1. The molecule has 0 amide bonds. The Morgan fingerprint density at radius 1 is 1.14 bits per heavy atom. The molecule has 2 aromatic rings. The number of nitrogens with zero attached hydrogens (tertiary/aromatic N) is 1. The first kappa shape index (κ1) is 23.5. The molecule has 5 nitrogen and oxygen atoms in total. The minimum absolute atomic E-state index is 0. The third-order valence-electron chi connectivity index (χ3n) is 4.47. The van der Waals surface area contributed by atoms with E-state index in [2.05, 4.69) is 15.6 Å². The summed E-state index contributed by atoms with van der Waals surface area (Å²) in [6.45, 7) is 2.31. The lowest BCUT2D eigenvalue weighted by Gasteiger charge is -2.15. The van der Waals surface area contributed by atoms with Gasteiger partial charge in [0.15, 0.2) is 5.96 Å². The normalized spacial score (nSPS) is 17.1. The zero-order chi connectivity index (χ0) is 19.8. The maximum absolute atomic E-state index is 12.7. The van der Waals surface area contributed by atoms with Crippen LogP contribution in [0.3, 0.4) is 0 Å². The van der Waals surface area contributed by atoms with Gasteiger partial charge in [-0.25, -0.2) is 4.99 Å². The van der Waals surface area contributed by atoms with Crippen molar-refractivity contribution in [3.8, 4) is 0 Å². The molecule has 1 saturated heterocycles. The number of aliphatic imine (C=N–C) groups is 1. The van der Waals surface area contributed by atoms with E-state index in [1.807, 2.05) is 12.1 Å². The summed E-state index contributed by atoms with van der Waals surface area (Å²) < 4.78 is 48.9. The zero-order valence-corrected chi connectivity index (χ0v) is 18.2. The number of guanidine groups is 1. The molecule has 1 aliphatic heterocycles. The highest BCUT2D eigenvalue weighted by Gasteiger charge is 2.29. The molecule has 0 bridgehead atoms. The Kier molecular flexibility index (Phi) is 9.28. The van der Waals surface area contributed by atoms with Crippen molar-refractivity contribution in [1.82, 2.24) is 10.6 Å². The van der Waals surface area contributed by atoms with Crippen molar-refractivity contribution in [1.29, 1.82) is 0 Å². The minimum Gasteiger partial charge on any atom is -0.469 e. The molecule has 2 N–H and O–H groups in total. The van der Waals surface area contributed by atoms with Gasteiger partial charge in [-0.05, 0) is 42.7 Å². The highest BCUT2D eigenvalue weighted by atomic mass is 127. The number of benzene rings is 1. The Morgan fingerprint density at radius 2 is 1.93 bits per heavy atom. The first-order valence-electron chi connectivity index (χ1n) is 9.33. The lowest BCUT2D eigenvalue weighted by Crippen LogP contribution is -2.41. The van der Waals surface area contributed by atoms with Gasteiger partial charge in [-0.2, -0.15) is 13.2 Å². The molecule has 0 radical (unpaired) electrons. The quantitative estimate of drug-likeness (QED) is 0.322. The number of rotatable bonds is 7. The van der Waals surface area contributed by atoms with E-state index in [4.69, 9.17) is 9.15 Å². The molecule has 29 heavy (non-hydrogen) atoms. The Labute approximate surface area is 185 Å². The second kappa shape index (κ2) is 11.4. The predicted molar refractivity (Wildman–Crippen MR) is 115 cm³/mol. The Bertz CT molecular complexity index is 743. The average Bonchev–Trinajstić information content (AvgIpc) is 3.37. The van der Waals surface area contributed by atoms with Crippen LogP contribution >= 0.6 is 24.0 Å². The summed E-state index contributed by atoms with van der Waals surface area (Å²) in [4.78, 5) is 4.49. The summed E-state index contributed by atoms with van der Waals surface area (Å²) in [6, 6.07) is 8.80. The van der Waals surface area contributed by atoms with Gasteiger partial charge in [0.05, 0.1) is 24.5 Å². The summed E-state index contributed by atoms with van der Waals surface area (Å²) in [6.07, 6.45) is 0.215. The van der Waals surface area contributed by atoms with E-state index in [-0.39, 0.29) is 36.6 Å². The monoisotopic (exact) mass is 523 g/mol. The first-order chi connectivity index (χ1) is 13.5. The van der Waals surface area contributed by atoms with E-state index in [1.54, 1.807) is 6.26 Å². The van der Waals surface area contributed by atoms with E-state index >= 15 is 0 Å². The summed E-state index contributed by atoms with van der Waals surface area (Å²) in [7, 11) is 0. The van der Waals surface area contributed by atoms with Gasteiger partial charge in [-0.3, -0.25) is 0 Å². The fourth-order valence-electron chi connectivity index (χ4n) is 2.92. The topological polar surface area (TPSA) is 58.8 Å². The van der Waals surface area contributed by atoms with Crippen molar-refractivity contribution in [2.75, 3.05) is 19.7 Å². The second-order valence-corrected chi connectivity index (χ2v) is 6.63. The third-order valence-corrected chi connectivity index (χ3v) is 4.47. The van der Waals surface area contributed by atoms with Gasteiger partial charge in [-0.15, -0.1) is 24.0 Å². The number of nitrogens with one attached hydrogen (secondary N) is 2. The zero-order valence-electron chi connectivity index (χ0n) is 15.9. The van der Waals surface area contributed by atoms with Crippen LogP contribution in [0.4, 0.5) is 13.2 Å². The summed E-state index contributed by atoms with van der Waals surface area (Å²) in [5, 5.41) is 6.48. The molecule has 1 fully saturated rings. The van der Waals surface area contributed by atoms with E-state index < -0.39 is 11.7 Å². The molecule has 1 aromatic heterocycles. The molecular formula is C20H25F3IN3O2. The Hall–Kier alpha value is -1.75. The van der Waals surface area contributed by atoms with Crippen LogP contribution in [0.5, 0.6) is 0 Å². The van der Waals surface area contributed by atoms with Gasteiger partial charge in [-0.1, -0.05) is 12.1 Å². The van der Waals surface area contributed by atoms with E-state index in [0.29, 0.717) is 31.0 Å². The molecule has 1 aromatic carbocycles.